The zero-order valence-electron chi connectivity index (χ0n) is 11.0. The van der Waals surface area contributed by atoms with E-state index in [1.807, 2.05) is 6.92 Å². The van der Waals surface area contributed by atoms with Crippen LogP contribution in [0, 0.1) is 21.4 Å². The highest BCUT2D eigenvalue weighted by atomic mass is 32.2. The molecule has 0 amide bonds. The van der Waals surface area contributed by atoms with Crippen molar-refractivity contribution in [2.24, 2.45) is 0 Å². The minimum Gasteiger partial charge on any atom is -0.264 e. The van der Waals surface area contributed by atoms with Crippen molar-refractivity contribution in [3.05, 3.63) is 10.1 Å². The number of nitriles is 1. The normalized spacial score (nSPS) is 16.6. The molecule has 0 aromatic rings. The van der Waals surface area contributed by atoms with Crippen LogP contribution in [0.25, 0.3) is 0 Å². The smallest absolute Gasteiger partial charge is 0.233 e. The molecule has 7 heteroatoms. The van der Waals surface area contributed by atoms with Gasteiger partial charge in [-0.1, -0.05) is 13.3 Å². The summed E-state index contributed by atoms with van der Waals surface area (Å²) in [6.07, 6.45) is 0.907. The van der Waals surface area contributed by atoms with E-state index >= 15 is 0 Å². The topological polar surface area (TPSA) is 101 Å². The van der Waals surface area contributed by atoms with Crippen LogP contribution in [-0.2, 0) is 9.84 Å². The molecule has 0 aliphatic heterocycles. The molecule has 6 nitrogen and oxygen atoms in total. The van der Waals surface area contributed by atoms with Crippen LogP contribution in [0.1, 0.15) is 46.5 Å². The molecule has 0 rings (SSSR count). The molecule has 0 fully saturated rings. The second kappa shape index (κ2) is 6.69. The Morgan fingerprint density at radius 1 is 1.50 bits per heavy atom. The van der Waals surface area contributed by atoms with Crippen LogP contribution in [0.3, 0.4) is 0 Å². The summed E-state index contributed by atoms with van der Waals surface area (Å²) in [5, 5.41) is 18.8. The molecule has 18 heavy (non-hydrogen) atoms. The van der Waals surface area contributed by atoms with E-state index < -0.39 is 25.5 Å². The Kier molecular flexibility index (Phi) is 6.26. The largest absolute Gasteiger partial charge is 0.264 e. The molecular formula is C11H20N2O4S. The zero-order chi connectivity index (χ0) is 14.4. The van der Waals surface area contributed by atoms with Gasteiger partial charge in [0.15, 0.2) is 9.84 Å². The maximum atomic E-state index is 11.9. The number of unbranched alkanes of at least 4 members (excludes halogenated alkanes) is 1. The molecule has 2 unspecified atom stereocenters. The molecule has 0 aromatic heterocycles. The van der Waals surface area contributed by atoms with Crippen molar-refractivity contribution in [1.82, 2.24) is 0 Å². The first-order chi connectivity index (χ1) is 8.19. The lowest BCUT2D eigenvalue weighted by Gasteiger charge is -2.22. The fourth-order valence-electron chi connectivity index (χ4n) is 1.67. The zero-order valence-corrected chi connectivity index (χ0v) is 11.9. The molecule has 0 N–H and O–H groups in total. The van der Waals surface area contributed by atoms with Crippen LogP contribution >= 0.6 is 0 Å². The first-order valence-corrected chi connectivity index (χ1v) is 7.64. The first-order valence-electron chi connectivity index (χ1n) is 5.92. The van der Waals surface area contributed by atoms with Crippen LogP contribution in [0.15, 0.2) is 0 Å². The summed E-state index contributed by atoms with van der Waals surface area (Å²) in [6.45, 7) is 4.68. The third-order valence-electron chi connectivity index (χ3n) is 3.02. The molecular weight excluding hydrogens is 256 g/mol. The van der Waals surface area contributed by atoms with Gasteiger partial charge in [-0.05, 0) is 13.3 Å². The van der Waals surface area contributed by atoms with Gasteiger partial charge in [0.1, 0.15) is 6.42 Å². The van der Waals surface area contributed by atoms with Crippen molar-refractivity contribution in [2.75, 3.05) is 5.75 Å². The SMILES string of the molecule is CCCCS(=O)(=O)C(C)CC(C)(CC#N)[N+](=O)[O-]. The van der Waals surface area contributed by atoms with Crippen LogP contribution in [0.5, 0.6) is 0 Å². The molecule has 0 spiro atoms. The van der Waals surface area contributed by atoms with E-state index in [4.69, 9.17) is 5.26 Å². The molecule has 0 aliphatic rings. The molecule has 0 heterocycles. The average molecular weight is 276 g/mol. The maximum absolute atomic E-state index is 11.9. The van der Waals surface area contributed by atoms with E-state index in [0.717, 1.165) is 6.42 Å². The maximum Gasteiger partial charge on any atom is 0.233 e. The Balaban J connectivity index is 4.87. The number of hydrogen-bond donors (Lipinski definition) is 0. The lowest BCUT2D eigenvalue weighted by atomic mass is 9.94. The van der Waals surface area contributed by atoms with Crippen molar-refractivity contribution in [3.63, 3.8) is 0 Å². The third kappa shape index (κ3) is 4.61. The lowest BCUT2D eigenvalue weighted by molar-refractivity contribution is -0.565. The number of rotatable bonds is 8. The number of nitrogens with zero attached hydrogens (tertiary/aromatic N) is 2. The highest BCUT2D eigenvalue weighted by Gasteiger charge is 2.41. The molecule has 0 aliphatic carbocycles. The van der Waals surface area contributed by atoms with Gasteiger partial charge in [-0.2, -0.15) is 5.26 Å². The molecule has 2 atom stereocenters. The van der Waals surface area contributed by atoms with Crippen molar-refractivity contribution >= 4 is 9.84 Å². The summed E-state index contributed by atoms with van der Waals surface area (Å²) in [4.78, 5) is 10.4. The second-order valence-electron chi connectivity index (χ2n) is 4.82. The highest BCUT2D eigenvalue weighted by molar-refractivity contribution is 7.92. The minimum atomic E-state index is -3.32. The van der Waals surface area contributed by atoms with E-state index in [2.05, 4.69) is 0 Å². The first kappa shape index (κ1) is 16.8. The summed E-state index contributed by atoms with van der Waals surface area (Å²) in [5.41, 5.74) is -1.49. The molecule has 0 saturated heterocycles. The average Bonchev–Trinajstić information content (AvgIpc) is 2.26. The van der Waals surface area contributed by atoms with Gasteiger partial charge >= 0.3 is 0 Å². The van der Waals surface area contributed by atoms with Crippen LogP contribution in [-0.4, -0.2) is 29.9 Å². The number of sulfone groups is 1. The number of hydrogen-bond acceptors (Lipinski definition) is 5. The van der Waals surface area contributed by atoms with Crippen molar-refractivity contribution in [3.8, 4) is 6.07 Å². The molecule has 104 valence electrons. The number of nitro groups is 1. The fraction of sp³-hybridized carbons (Fsp3) is 0.909. The molecule has 0 aromatic carbocycles. The van der Waals surface area contributed by atoms with Crippen molar-refractivity contribution < 1.29 is 13.3 Å². The van der Waals surface area contributed by atoms with E-state index in [1.165, 1.54) is 13.8 Å². The Hall–Kier alpha value is -1.16. The van der Waals surface area contributed by atoms with Gasteiger partial charge < -0.3 is 0 Å². The fourth-order valence-corrected chi connectivity index (χ4v) is 3.38. The predicted molar refractivity (Wildman–Crippen MR) is 68.4 cm³/mol. The van der Waals surface area contributed by atoms with Crippen LogP contribution in [0.2, 0.25) is 0 Å². The molecule has 0 bridgehead atoms. The highest BCUT2D eigenvalue weighted by Crippen LogP contribution is 2.24. The standard InChI is InChI=1S/C11H20N2O4S/c1-4-5-8-18(16,17)10(2)9-11(3,6-7-12)13(14)15/h10H,4-6,8-9H2,1-3H3. The van der Waals surface area contributed by atoms with Gasteiger partial charge in [0.2, 0.25) is 5.54 Å². The molecule has 0 saturated carbocycles. The van der Waals surface area contributed by atoms with Crippen LogP contribution in [0.4, 0.5) is 0 Å². The monoisotopic (exact) mass is 276 g/mol. The third-order valence-corrected chi connectivity index (χ3v) is 5.27. The Bertz CT molecular complexity index is 427. The molecule has 0 radical (unpaired) electrons. The summed E-state index contributed by atoms with van der Waals surface area (Å²) in [6, 6.07) is 1.75. The van der Waals surface area contributed by atoms with Crippen molar-refractivity contribution in [2.45, 2.75) is 57.2 Å². The van der Waals surface area contributed by atoms with Gasteiger partial charge in [0, 0.05) is 18.3 Å². The Morgan fingerprint density at radius 3 is 2.44 bits per heavy atom. The Morgan fingerprint density at radius 2 is 2.06 bits per heavy atom. The lowest BCUT2D eigenvalue weighted by Crippen LogP contribution is -2.40. The summed E-state index contributed by atoms with van der Waals surface area (Å²) >= 11 is 0. The van der Waals surface area contributed by atoms with E-state index in [9.17, 15) is 18.5 Å². The van der Waals surface area contributed by atoms with Gasteiger partial charge in [-0.25, -0.2) is 8.42 Å². The van der Waals surface area contributed by atoms with Gasteiger partial charge in [0.05, 0.1) is 17.1 Å². The summed E-state index contributed by atoms with van der Waals surface area (Å²) < 4.78 is 23.8. The van der Waals surface area contributed by atoms with E-state index in [0.29, 0.717) is 6.42 Å². The summed E-state index contributed by atoms with van der Waals surface area (Å²) in [5.74, 6) is 0.0466. The Labute approximate surface area is 108 Å². The quantitative estimate of drug-likeness (QED) is 0.498. The van der Waals surface area contributed by atoms with Gasteiger partial charge in [-0.15, -0.1) is 0 Å². The van der Waals surface area contributed by atoms with Gasteiger partial charge in [-0.3, -0.25) is 10.1 Å². The predicted octanol–water partition coefficient (Wildman–Crippen LogP) is 1.93. The second-order valence-corrected chi connectivity index (χ2v) is 7.36. The van der Waals surface area contributed by atoms with Crippen molar-refractivity contribution in [1.29, 1.82) is 5.26 Å². The van der Waals surface area contributed by atoms with E-state index in [-0.39, 0.29) is 18.6 Å². The van der Waals surface area contributed by atoms with Gasteiger partial charge in [0.25, 0.3) is 0 Å². The summed E-state index contributed by atoms with van der Waals surface area (Å²) in [7, 11) is -3.32. The minimum absolute atomic E-state index is 0.0466. The van der Waals surface area contributed by atoms with E-state index in [1.54, 1.807) is 6.07 Å². The van der Waals surface area contributed by atoms with Crippen LogP contribution < -0.4 is 0 Å².